The van der Waals surface area contributed by atoms with Crippen LogP contribution in [0, 0.1) is 53.3 Å². The number of fused-ring (bicyclic) bond motifs is 2. The lowest BCUT2D eigenvalue weighted by molar-refractivity contribution is -0.00859. The summed E-state index contributed by atoms with van der Waals surface area (Å²) >= 11 is 0. The molecule has 11 bridgehead atoms. The zero-order chi connectivity index (χ0) is 23.3. The first-order valence-corrected chi connectivity index (χ1v) is 16.7. The molecule has 36 heavy (non-hydrogen) atoms. The predicted octanol–water partition coefficient (Wildman–Crippen LogP) is 9.09. The molecule has 0 radical (unpaired) electrons. The first-order chi connectivity index (χ1) is 17.5. The molecule has 4 atom stereocenters. The molecule has 12 rings (SSSR count). The lowest BCUT2D eigenvalue weighted by atomic mass is 9.46. The molecular formula is C36H48. The van der Waals surface area contributed by atoms with E-state index in [0.717, 1.165) is 53.3 Å². The van der Waals surface area contributed by atoms with E-state index >= 15 is 0 Å². The molecule has 0 spiro atoms. The molecule has 0 amide bonds. The van der Waals surface area contributed by atoms with Gasteiger partial charge in [-0.25, -0.2) is 0 Å². The third-order valence-electron chi connectivity index (χ3n) is 15.1. The third-order valence-corrected chi connectivity index (χ3v) is 15.1. The van der Waals surface area contributed by atoms with Crippen LogP contribution in [0.3, 0.4) is 0 Å². The van der Waals surface area contributed by atoms with Gasteiger partial charge in [-0.15, -0.1) is 0 Å². The Balaban J connectivity index is 1.14. The number of rotatable bonds is 3. The quantitative estimate of drug-likeness (QED) is 0.405. The second kappa shape index (κ2) is 6.86. The summed E-state index contributed by atoms with van der Waals surface area (Å²) < 4.78 is 0. The topological polar surface area (TPSA) is 0 Å². The number of benzene rings is 1. The van der Waals surface area contributed by atoms with Gasteiger partial charge in [0.2, 0.25) is 0 Å². The molecule has 11 fully saturated rings. The number of hydrogen-bond donors (Lipinski definition) is 0. The maximum Gasteiger partial charge on any atom is -0.00389 e. The van der Waals surface area contributed by atoms with Crippen molar-refractivity contribution in [2.75, 3.05) is 0 Å². The van der Waals surface area contributed by atoms with Crippen LogP contribution < -0.4 is 0 Å². The molecule has 0 nitrogen and oxygen atoms in total. The van der Waals surface area contributed by atoms with Crippen LogP contribution in [0.5, 0.6) is 0 Å². The largest absolute Gasteiger partial charge is 0.0547 e. The fourth-order valence-corrected chi connectivity index (χ4v) is 14.8. The summed E-state index contributed by atoms with van der Waals surface area (Å²) in [5, 5.41) is 0. The predicted molar refractivity (Wildman–Crippen MR) is 146 cm³/mol. The summed E-state index contributed by atoms with van der Waals surface area (Å²) in [5.74, 6) is 9.57. The molecule has 0 N–H and O–H groups in total. The van der Waals surface area contributed by atoms with Crippen LogP contribution in [0.25, 0.3) is 0 Å². The van der Waals surface area contributed by atoms with Gasteiger partial charge in [0, 0.05) is 0 Å². The molecule has 4 unspecified atom stereocenters. The van der Waals surface area contributed by atoms with Crippen molar-refractivity contribution < 1.29 is 0 Å². The Hall–Kier alpha value is -0.780. The van der Waals surface area contributed by atoms with Crippen LogP contribution in [0.4, 0.5) is 0 Å². The SMILES string of the molecule is c1c(C23CC4CC(CC(C4)C2)C3)cc(C23CCC4CC(CC4C2)C3)cc1C12CC3CC(CC(C3)C1)C2. The van der Waals surface area contributed by atoms with Gasteiger partial charge in [0.1, 0.15) is 0 Å². The Morgan fingerprint density at radius 2 is 0.750 bits per heavy atom. The molecule has 11 aliphatic rings. The molecule has 11 aliphatic carbocycles. The van der Waals surface area contributed by atoms with Crippen LogP contribution in [0.15, 0.2) is 18.2 Å². The van der Waals surface area contributed by atoms with Gasteiger partial charge < -0.3 is 0 Å². The fourth-order valence-electron chi connectivity index (χ4n) is 14.8. The van der Waals surface area contributed by atoms with Crippen molar-refractivity contribution in [2.24, 2.45) is 53.3 Å². The van der Waals surface area contributed by atoms with E-state index in [1.807, 2.05) is 16.7 Å². The van der Waals surface area contributed by atoms with Crippen molar-refractivity contribution in [3.63, 3.8) is 0 Å². The van der Waals surface area contributed by atoms with Gasteiger partial charge in [-0.05, 0) is 202 Å². The van der Waals surface area contributed by atoms with E-state index in [-0.39, 0.29) is 0 Å². The van der Waals surface area contributed by atoms with Crippen LogP contribution in [-0.4, -0.2) is 0 Å². The smallest absolute Gasteiger partial charge is 0.00389 e. The van der Waals surface area contributed by atoms with Gasteiger partial charge in [-0.1, -0.05) is 18.2 Å². The van der Waals surface area contributed by atoms with E-state index in [4.69, 9.17) is 0 Å². The summed E-state index contributed by atoms with van der Waals surface area (Å²) in [6.07, 6.45) is 28.1. The van der Waals surface area contributed by atoms with E-state index in [2.05, 4.69) is 18.2 Å². The van der Waals surface area contributed by atoms with Crippen molar-refractivity contribution in [3.05, 3.63) is 34.9 Å². The third kappa shape index (κ3) is 2.79. The average molecular weight is 481 g/mol. The van der Waals surface area contributed by atoms with E-state index in [9.17, 15) is 0 Å². The van der Waals surface area contributed by atoms with Crippen LogP contribution in [-0.2, 0) is 16.2 Å². The van der Waals surface area contributed by atoms with E-state index in [1.54, 1.807) is 109 Å². The van der Waals surface area contributed by atoms with Gasteiger partial charge in [0.25, 0.3) is 0 Å². The highest BCUT2D eigenvalue weighted by atomic mass is 14.6. The summed E-state index contributed by atoms with van der Waals surface area (Å²) in [6.45, 7) is 0. The van der Waals surface area contributed by atoms with Gasteiger partial charge in [0.05, 0.1) is 0 Å². The highest BCUT2D eigenvalue weighted by Crippen LogP contribution is 2.66. The summed E-state index contributed by atoms with van der Waals surface area (Å²) in [4.78, 5) is 0. The standard InChI is InChI=1S/C36H48/c1-2-34(14-28-9-29(1)30(10-28)21-34)31-11-32(35-15-22-3-23(16-35)5-24(4-22)17-35)13-33(12-31)36-18-25-6-26(19-36)8-27(7-25)20-36/h11-13,22-30H,1-10,14-21H2. The molecule has 1 aromatic carbocycles. The molecule has 0 saturated heterocycles. The normalized spacial score (nSPS) is 57.2. The fraction of sp³-hybridized carbons (Fsp3) is 0.833. The van der Waals surface area contributed by atoms with Gasteiger partial charge in [0.15, 0.2) is 0 Å². The zero-order valence-electron chi connectivity index (χ0n) is 22.7. The van der Waals surface area contributed by atoms with Crippen molar-refractivity contribution in [3.8, 4) is 0 Å². The summed E-state index contributed by atoms with van der Waals surface area (Å²) in [5.41, 5.74) is 7.33. The Kier molecular flexibility index (Phi) is 4.02. The molecule has 0 heteroatoms. The minimum Gasteiger partial charge on any atom is -0.0547 e. The molecule has 0 heterocycles. The van der Waals surface area contributed by atoms with E-state index in [0.29, 0.717) is 16.2 Å². The van der Waals surface area contributed by atoms with Gasteiger partial charge in [-0.3, -0.25) is 0 Å². The molecule has 192 valence electrons. The molecular weight excluding hydrogens is 432 g/mol. The summed E-state index contributed by atoms with van der Waals surface area (Å²) in [6, 6.07) is 8.76. The molecule has 11 saturated carbocycles. The highest BCUT2D eigenvalue weighted by molar-refractivity contribution is 5.45. The van der Waals surface area contributed by atoms with Crippen LogP contribution in [0.2, 0.25) is 0 Å². The monoisotopic (exact) mass is 480 g/mol. The Labute approximate surface area is 219 Å². The highest BCUT2D eigenvalue weighted by Gasteiger charge is 2.56. The minimum atomic E-state index is 0.552. The van der Waals surface area contributed by atoms with Gasteiger partial charge in [-0.2, -0.15) is 0 Å². The maximum atomic E-state index is 2.92. The van der Waals surface area contributed by atoms with Crippen molar-refractivity contribution >= 4 is 0 Å². The van der Waals surface area contributed by atoms with Gasteiger partial charge >= 0.3 is 0 Å². The first-order valence-electron chi connectivity index (χ1n) is 16.7. The number of hydrogen-bond acceptors (Lipinski definition) is 0. The lowest BCUT2D eigenvalue weighted by Crippen LogP contribution is -2.50. The Bertz CT molecular complexity index is 940. The second-order valence-electron chi connectivity index (χ2n) is 17.3. The summed E-state index contributed by atoms with van der Waals surface area (Å²) in [7, 11) is 0. The minimum absolute atomic E-state index is 0.552. The molecule has 0 aromatic heterocycles. The van der Waals surface area contributed by atoms with Crippen molar-refractivity contribution in [1.82, 2.24) is 0 Å². The zero-order valence-corrected chi connectivity index (χ0v) is 22.7. The lowest BCUT2D eigenvalue weighted by Gasteiger charge is -2.59. The molecule has 1 aromatic rings. The van der Waals surface area contributed by atoms with Crippen molar-refractivity contribution in [2.45, 2.75) is 132 Å². The second-order valence-corrected chi connectivity index (χ2v) is 17.3. The van der Waals surface area contributed by atoms with E-state index in [1.165, 1.54) is 6.42 Å². The molecule has 0 aliphatic heterocycles. The average Bonchev–Trinajstić information content (AvgIpc) is 3.05. The maximum absolute atomic E-state index is 2.92. The van der Waals surface area contributed by atoms with Crippen LogP contribution >= 0.6 is 0 Å². The Morgan fingerprint density at radius 3 is 1.22 bits per heavy atom. The van der Waals surface area contributed by atoms with E-state index < -0.39 is 0 Å². The van der Waals surface area contributed by atoms with Crippen LogP contribution in [0.1, 0.15) is 132 Å². The first kappa shape index (κ1) is 21.1. The Morgan fingerprint density at radius 1 is 0.389 bits per heavy atom. The van der Waals surface area contributed by atoms with Crippen molar-refractivity contribution in [1.29, 1.82) is 0 Å².